The van der Waals surface area contributed by atoms with Crippen LogP contribution in [-0.4, -0.2) is 15.5 Å². The number of benzene rings is 2. The number of nitrogens with one attached hydrogen (secondary N) is 1. The number of carbonyl (C=O) groups is 1. The van der Waals surface area contributed by atoms with Crippen LogP contribution < -0.4 is 5.32 Å². The second kappa shape index (κ2) is 7.11. The highest BCUT2D eigenvalue weighted by Gasteiger charge is 2.14. The Labute approximate surface area is 157 Å². The Morgan fingerprint density at radius 2 is 1.96 bits per heavy atom. The molecule has 0 saturated heterocycles. The SMILES string of the molecule is Cc1ccc2c(CC(=O)Nc3nccn3Cc3ccccc3)coc2c1C. The van der Waals surface area contributed by atoms with E-state index in [9.17, 15) is 4.79 Å². The van der Waals surface area contributed by atoms with Crippen LogP contribution in [0.15, 0.2) is 65.5 Å². The van der Waals surface area contributed by atoms with Crippen molar-refractivity contribution in [3.8, 4) is 0 Å². The van der Waals surface area contributed by atoms with Crippen LogP contribution in [0.25, 0.3) is 11.0 Å². The van der Waals surface area contributed by atoms with Crippen molar-refractivity contribution in [1.29, 1.82) is 0 Å². The first-order valence-electron chi connectivity index (χ1n) is 8.93. The van der Waals surface area contributed by atoms with Gasteiger partial charge in [0.05, 0.1) is 19.2 Å². The summed E-state index contributed by atoms with van der Waals surface area (Å²) in [6.45, 7) is 4.74. The lowest BCUT2D eigenvalue weighted by Gasteiger charge is -2.09. The number of furan rings is 1. The molecule has 136 valence electrons. The summed E-state index contributed by atoms with van der Waals surface area (Å²) in [5.74, 6) is 0.431. The smallest absolute Gasteiger partial charge is 0.231 e. The van der Waals surface area contributed by atoms with E-state index in [1.807, 2.05) is 54.1 Å². The first kappa shape index (κ1) is 17.1. The minimum atomic E-state index is -0.114. The third-order valence-electron chi connectivity index (χ3n) is 4.86. The Morgan fingerprint density at radius 3 is 2.78 bits per heavy atom. The average molecular weight is 359 g/mol. The Hall–Kier alpha value is -3.34. The molecule has 0 bridgehead atoms. The third kappa shape index (κ3) is 3.49. The summed E-state index contributed by atoms with van der Waals surface area (Å²) < 4.78 is 7.62. The van der Waals surface area contributed by atoms with Crippen molar-refractivity contribution in [2.75, 3.05) is 5.32 Å². The van der Waals surface area contributed by atoms with E-state index in [0.717, 1.165) is 27.7 Å². The van der Waals surface area contributed by atoms with E-state index < -0.39 is 0 Å². The fourth-order valence-corrected chi connectivity index (χ4v) is 3.21. The Balaban J connectivity index is 1.50. The zero-order valence-electron chi connectivity index (χ0n) is 15.4. The van der Waals surface area contributed by atoms with Gasteiger partial charge in [0, 0.05) is 23.3 Å². The molecule has 1 N–H and O–H groups in total. The second-order valence-electron chi connectivity index (χ2n) is 6.73. The average Bonchev–Trinajstić information content (AvgIpc) is 3.27. The number of aromatic nitrogens is 2. The predicted octanol–water partition coefficient (Wildman–Crippen LogP) is 4.48. The third-order valence-corrected chi connectivity index (χ3v) is 4.86. The number of hydrogen-bond acceptors (Lipinski definition) is 3. The quantitative estimate of drug-likeness (QED) is 0.572. The maximum Gasteiger partial charge on any atom is 0.231 e. The summed E-state index contributed by atoms with van der Waals surface area (Å²) in [5, 5.41) is 3.90. The fourth-order valence-electron chi connectivity index (χ4n) is 3.21. The lowest BCUT2D eigenvalue weighted by molar-refractivity contribution is -0.115. The van der Waals surface area contributed by atoms with Crippen LogP contribution in [0.5, 0.6) is 0 Å². The fraction of sp³-hybridized carbons (Fsp3) is 0.182. The molecule has 0 saturated carbocycles. The van der Waals surface area contributed by atoms with Crippen molar-refractivity contribution in [2.45, 2.75) is 26.8 Å². The normalized spacial score (nSPS) is 11.0. The van der Waals surface area contributed by atoms with E-state index in [4.69, 9.17) is 4.42 Å². The molecule has 4 aromatic rings. The maximum absolute atomic E-state index is 12.6. The molecule has 0 aliphatic rings. The van der Waals surface area contributed by atoms with Crippen LogP contribution >= 0.6 is 0 Å². The zero-order valence-corrected chi connectivity index (χ0v) is 15.4. The number of hydrogen-bond donors (Lipinski definition) is 1. The summed E-state index contributed by atoms with van der Waals surface area (Å²) in [5.41, 5.74) is 5.17. The van der Waals surface area contributed by atoms with E-state index in [1.165, 1.54) is 5.56 Å². The highest BCUT2D eigenvalue weighted by Crippen LogP contribution is 2.27. The van der Waals surface area contributed by atoms with Gasteiger partial charge in [0.2, 0.25) is 11.9 Å². The van der Waals surface area contributed by atoms with Gasteiger partial charge in [-0.05, 0) is 30.5 Å². The summed E-state index contributed by atoms with van der Waals surface area (Å²) in [7, 11) is 0. The molecule has 0 aliphatic carbocycles. The van der Waals surface area contributed by atoms with E-state index in [2.05, 4.69) is 23.3 Å². The Morgan fingerprint density at radius 1 is 1.15 bits per heavy atom. The first-order chi connectivity index (χ1) is 13.1. The van der Waals surface area contributed by atoms with Gasteiger partial charge in [-0.3, -0.25) is 10.1 Å². The molecule has 0 aliphatic heterocycles. The molecule has 27 heavy (non-hydrogen) atoms. The van der Waals surface area contributed by atoms with Crippen molar-refractivity contribution in [1.82, 2.24) is 9.55 Å². The number of anilines is 1. The van der Waals surface area contributed by atoms with Crippen LogP contribution in [0.1, 0.15) is 22.3 Å². The monoisotopic (exact) mass is 359 g/mol. The van der Waals surface area contributed by atoms with Crippen LogP contribution in [0, 0.1) is 13.8 Å². The summed E-state index contributed by atoms with van der Waals surface area (Å²) in [4.78, 5) is 16.8. The number of imidazole rings is 1. The van der Waals surface area contributed by atoms with Gasteiger partial charge in [0.15, 0.2) is 0 Å². The molecule has 2 aromatic heterocycles. The molecular weight excluding hydrogens is 338 g/mol. The van der Waals surface area contributed by atoms with Crippen molar-refractivity contribution in [2.24, 2.45) is 0 Å². The molecule has 5 nitrogen and oxygen atoms in total. The van der Waals surface area contributed by atoms with Gasteiger partial charge in [-0.25, -0.2) is 4.98 Å². The lowest BCUT2D eigenvalue weighted by Crippen LogP contribution is -2.18. The van der Waals surface area contributed by atoms with Crippen molar-refractivity contribution >= 4 is 22.8 Å². The zero-order chi connectivity index (χ0) is 18.8. The molecular formula is C22H21N3O2. The predicted molar refractivity (Wildman–Crippen MR) is 106 cm³/mol. The molecule has 1 amide bonds. The van der Waals surface area contributed by atoms with Gasteiger partial charge in [0.25, 0.3) is 0 Å². The van der Waals surface area contributed by atoms with Gasteiger partial charge >= 0.3 is 0 Å². The van der Waals surface area contributed by atoms with Crippen molar-refractivity contribution in [3.05, 3.63) is 83.4 Å². The van der Waals surface area contributed by atoms with E-state index >= 15 is 0 Å². The number of amides is 1. The molecule has 5 heteroatoms. The molecule has 0 unspecified atom stereocenters. The molecule has 0 radical (unpaired) electrons. The Kier molecular flexibility index (Phi) is 4.50. The standard InChI is InChI=1S/C22H21N3O2/c1-15-8-9-19-18(14-27-21(19)16(15)2)12-20(26)24-22-23-10-11-25(22)13-17-6-4-3-5-7-17/h3-11,14H,12-13H2,1-2H3,(H,23,24,26). The van der Waals surface area contributed by atoms with Crippen LogP contribution in [0.3, 0.4) is 0 Å². The van der Waals surface area contributed by atoms with Gasteiger partial charge in [-0.15, -0.1) is 0 Å². The summed E-state index contributed by atoms with van der Waals surface area (Å²) in [6.07, 6.45) is 5.47. The van der Waals surface area contributed by atoms with Gasteiger partial charge in [-0.1, -0.05) is 42.5 Å². The van der Waals surface area contributed by atoms with Gasteiger partial charge in [0.1, 0.15) is 5.58 Å². The summed E-state index contributed by atoms with van der Waals surface area (Å²) >= 11 is 0. The maximum atomic E-state index is 12.6. The second-order valence-corrected chi connectivity index (χ2v) is 6.73. The number of nitrogens with zero attached hydrogens (tertiary/aromatic N) is 2. The van der Waals surface area contributed by atoms with E-state index in [0.29, 0.717) is 12.5 Å². The largest absolute Gasteiger partial charge is 0.464 e. The topological polar surface area (TPSA) is 60.1 Å². The highest BCUT2D eigenvalue weighted by molar-refractivity contribution is 5.95. The van der Waals surface area contributed by atoms with Crippen molar-refractivity contribution < 1.29 is 9.21 Å². The number of aryl methyl sites for hydroxylation is 2. The van der Waals surface area contributed by atoms with Gasteiger partial charge in [-0.2, -0.15) is 0 Å². The number of fused-ring (bicyclic) bond motifs is 1. The van der Waals surface area contributed by atoms with E-state index in [1.54, 1.807) is 12.5 Å². The van der Waals surface area contributed by atoms with Gasteiger partial charge < -0.3 is 8.98 Å². The minimum Gasteiger partial charge on any atom is -0.464 e. The number of carbonyl (C=O) groups excluding carboxylic acids is 1. The summed E-state index contributed by atoms with van der Waals surface area (Å²) in [6, 6.07) is 14.2. The molecule has 0 atom stereocenters. The molecule has 4 rings (SSSR count). The van der Waals surface area contributed by atoms with E-state index in [-0.39, 0.29) is 12.3 Å². The molecule has 2 aromatic carbocycles. The molecule has 0 fully saturated rings. The minimum absolute atomic E-state index is 0.114. The highest BCUT2D eigenvalue weighted by atomic mass is 16.3. The molecule has 0 spiro atoms. The van der Waals surface area contributed by atoms with Crippen LogP contribution in [-0.2, 0) is 17.8 Å². The van der Waals surface area contributed by atoms with Crippen LogP contribution in [0.2, 0.25) is 0 Å². The van der Waals surface area contributed by atoms with Crippen LogP contribution in [0.4, 0.5) is 5.95 Å². The first-order valence-corrected chi connectivity index (χ1v) is 8.93. The number of rotatable bonds is 5. The Bertz CT molecular complexity index is 1090. The lowest BCUT2D eigenvalue weighted by atomic mass is 10.0. The van der Waals surface area contributed by atoms with Crippen molar-refractivity contribution in [3.63, 3.8) is 0 Å². The molecule has 2 heterocycles.